The molecule has 118 valence electrons. The number of benzene rings is 1. The molecular weight excluding hydrogens is 274 g/mol. The molecule has 0 bridgehead atoms. The number of carbonyl (C=O) groups excluding carboxylic acids is 1. The van der Waals surface area contributed by atoms with Gasteiger partial charge in [-0.25, -0.2) is 0 Å². The van der Waals surface area contributed by atoms with Crippen molar-refractivity contribution in [3.8, 4) is 0 Å². The van der Waals surface area contributed by atoms with Crippen molar-refractivity contribution in [1.29, 1.82) is 0 Å². The maximum atomic E-state index is 12.4. The minimum Gasteiger partial charge on any atom is -0.371 e. The Morgan fingerprint density at radius 2 is 1.50 bits per heavy atom. The molecule has 0 atom stereocenters. The molecule has 0 unspecified atom stereocenters. The summed E-state index contributed by atoms with van der Waals surface area (Å²) in [6, 6.07) is 9.56. The number of likely N-dealkylation sites (tertiary alicyclic amines) is 1. The van der Waals surface area contributed by atoms with Crippen LogP contribution in [0.3, 0.4) is 0 Å². The van der Waals surface area contributed by atoms with Gasteiger partial charge in [0.15, 0.2) is 0 Å². The molecular formula is C18H25N3O. The molecule has 1 amide bonds. The Labute approximate surface area is 133 Å². The Bertz CT molecular complexity index is 514. The number of carbonyl (C=O) groups is 1. The van der Waals surface area contributed by atoms with E-state index >= 15 is 0 Å². The third kappa shape index (κ3) is 3.50. The number of hydrogen-bond acceptors (Lipinski definition) is 3. The molecule has 0 radical (unpaired) electrons. The van der Waals surface area contributed by atoms with Crippen LogP contribution in [0.1, 0.15) is 23.2 Å². The van der Waals surface area contributed by atoms with Gasteiger partial charge in [-0.05, 0) is 38.1 Å². The molecule has 0 spiro atoms. The van der Waals surface area contributed by atoms with Gasteiger partial charge in [0.25, 0.3) is 5.91 Å². The van der Waals surface area contributed by atoms with Gasteiger partial charge in [-0.1, -0.05) is 24.8 Å². The SMILES string of the molecule is C=C(CN1CCCC1)N1CCN(C(=O)c2ccccc2)CC1. The lowest BCUT2D eigenvalue weighted by Gasteiger charge is -2.38. The average Bonchev–Trinajstić information content (AvgIpc) is 3.08. The summed E-state index contributed by atoms with van der Waals surface area (Å²) in [5, 5.41) is 0. The molecule has 4 nitrogen and oxygen atoms in total. The third-order valence-electron chi connectivity index (χ3n) is 4.64. The molecule has 1 aromatic carbocycles. The Kier molecular flexibility index (Phi) is 4.78. The van der Waals surface area contributed by atoms with E-state index < -0.39 is 0 Å². The van der Waals surface area contributed by atoms with Crippen LogP contribution in [-0.2, 0) is 0 Å². The molecule has 2 saturated heterocycles. The highest BCUT2D eigenvalue weighted by atomic mass is 16.2. The largest absolute Gasteiger partial charge is 0.371 e. The van der Waals surface area contributed by atoms with E-state index in [9.17, 15) is 4.79 Å². The van der Waals surface area contributed by atoms with E-state index in [0.717, 1.165) is 38.3 Å². The van der Waals surface area contributed by atoms with Crippen LogP contribution in [0.2, 0.25) is 0 Å². The van der Waals surface area contributed by atoms with E-state index in [1.807, 2.05) is 35.2 Å². The first-order chi connectivity index (χ1) is 10.7. The van der Waals surface area contributed by atoms with Crippen LogP contribution in [-0.4, -0.2) is 66.4 Å². The molecule has 3 rings (SSSR count). The van der Waals surface area contributed by atoms with E-state index in [2.05, 4.69) is 16.4 Å². The first-order valence-electron chi connectivity index (χ1n) is 8.23. The summed E-state index contributed by atoms with van der Waals surface area (Å²) in [5.74, 6) is 0.144. The van der Waals surface area contributed by atoms with Gasteiger partial charge >= 0.3 is 0 Å². The molecule has 2 aliphatic rings. The topological polar surface area (TPSA) is 26.8 Å². The monoisotopic (exact) mass is 299 g/mol. The normalized spacial score (nSPS) is 19.5. The molecule has 0 N–H and O–H groups in total. The zero-order chi connectivity index (χ0) is 15.4. The van der Waals surface area contributed by atoms with Gasteiger partial charge in [0.2, 0.25) is 0 Å². The summed E-state index contributed by atoms with van der Waals surface area (Å²) >= 11 is 0. The molecule has 22 heavy (non-hydrogen) atoms. The van der Waals surface area contributed by atoms with Crippen molar-refractivity contribution < 1.29 is 4.79 Å². The number of amides is 1. The van der Waals surface area contributed by atoms with Crippen LogP contribution < -0.4 is 0 Å². The van der Waals surface area contributed by atoms with Gasteiger partial charge in [0.05, 0.1) is 0 Å². The van der Waals surface area contributed by atoms with E-state index in [4.69, 9.17) is 0 Å². The molecule has 2 heterocycles. The first-order valence-corrected chi connectivity index (χ1v) is 8.23. The molecule has 0 aliphatic carbocycles. The summed E-state index contributed by atoms with van der Waals surface area (Å²) in [6.45, 7) is 11.0. The molecule has 1 aromatic rings. The second kappa shape index (κ2) is 6.97. The number of rotatable bonds is 4. The van der Waals surface area contributed by atoms with Crippen molar-refractivity contribution in [2.45, 2.75) is 12.8 Å². The van der Waals surface area contributed by atoms with Crippen molar-refractivity contribution in [1.82, 2.24) is 14.7 Å². The Morgan fingerprint density at radius 3 is 2.14 bits per heavy atom. The van der Waals surface area contributed by atoms with E-state index in [1.54, 1.807) is 0 Å². The second-order valence-electron chi connectivity index (χ2n) is 6.19. The minimum atomic E-state index is 0.144. The minimum absolute atomic E-state index is 0.144. The lowest BCUT2D eigenvalue weighted by molar-refractivity contribution is 0.0663. The predicted octanol–water partition coefficient (Wildman–Crippen LogP) is 2.05. The van der Waals surface area contributed by atoms with Crippen molar-refractivity contribution in [2.24, 2.45) is 0 Å². The van der Waals surface area contributed by atoms with E-state index in [-0.39, 0.29) is 5.91 Å². The lowest BCUT2D eigenvalue weighted by Crippen LogP contribution is -2.49. The molecule has 4 heteroatoms. The van der Waals surface area contributed by atoms with Gasteiger partial charge in [-0.2, -0.15) is 0 Å². The second-order valence-corrected chi connectivity index (χ2v) is 6.19. The van der Waals surface area contributed by atoms with Crippen molar-refractivity contribution in [3.63, 3.8) is 0 Å². The van der Waals surface area contributed by atoms with Crippen LogP contribution in [0.5, 0.6) is 0 Å². The predicted molar refractivity (Wildman–Crippen MR) is 88.7 cm³/mol. The fourth-order valence-corrected chi connectivity index (χ4v) is 3.29. The van der Waals surface area contributed by atoms with Gasteiger partial charge in [-0.15, -0.1) is 0 Å². The molecule has 2 aliphatic heterocycles. The Morgan fingerprint density at radius 1 is 0.909 bits per heavy atom. The fraction of sp³-hybridized carbons (Fsp3) is 0.500. The van der Waals surface area contributed by atoms with Gasteiger partial charge in [0.1, 0.15) is 0 Å². The summed E-state index contributed by atoms with van der Waals surface area (Å²) < 4.78 is 0. The van der Waals surface area contributed by atoms with Crippen LogP contribution in [0, 0.1) is 0 Å². The number of piperazine rings is 1. The highest BCUT2D eigenvalue weighted by Gasteiger charge is 2.23. The fourth-order valence-electron chi connectivity index (χ4n) is 3.29. The Balaban J connectivity index is 1.49. The summed E-state index contributed by atoms with van der Waals surface area (Å²) in [6.07, 6.45) is 2.62. The van der Waals surface area contributed by atoms with Gasteiger partial charge < -0.3 is 9.80 Å². The van der Waals surface area contributed by atoms with Crippen LogP contribution in [0.4, 0.5) is 0 Å². The highest BCUT2D eigenvalue weighted by molar-refractivity contribution is 5.94. The number of nitrogens with zero attached hydrogens (tertiary/aromatic N) is 3. The standard InChI is InChI=1S/C18H25N3O/c1-16(15-19-9-5-6-10-19)20-11-13-21(14-12-20)18(22)17-7-3-2-4-8-17/h2-4,7-8H,1,5-6,9-15H2. The maximum absolute atomic E-state index is 12.4. The molecule has 2 fully saturated rings. The zero-order valence-electron chi connectivity index (χ0n) is 13.2. The zero-order valence-corrected chi connectivity index (χ0v) is 13.2. The van der Waals surface area contributed by atoms with Crippen LogP contribution in [0.25, 0.3) is 0 Å². The summed E-state index contributed by atoms with van der Waals surface area (Å²) in [7, 11) is 0. The van der Waals surface area contributed by atoms with E-state index in [0.29, 0.717) is 0 Å². The van der Waals surface area contributed by atoms with E-state index in [1.165, 1.54) is 31.6 Å². The van der Waals surface area contributed by atoms with Crippen molar-refractivity contribution >= 4 is 5.91 Å². The molecule has 0 aromatic heterocycles. The quantitative estimate of drug-likeness (QED) is 0.851. The highest BCUT2D eigenvalue weighted by Crippen LogP contribution is 2.15. The van der Waals surface area contributed by atoms with Gasteiger partial charge in [-0.3, -0.25) is 9.69 Å². The number of hydrogen-bond donors (Lipinski definition) is 0. The Hall–Kier alpha value is -1.81. The van der Waals surface area contributed by atoms with Crippen molar-refractivity contribution in [3.05, 3.63) is 48.2 Å². The first kappa shape index (κ1) is 15.1. The van der Waals surface area contributed by atoms with Gasteiger partial charge in [0, 0.05) is 44.0 Å². The third-order valence-corrected chi connectivity index (χ3v) is 4.64. The average molecular weight is 299 g/mol. The lowest BCUT2D eigenvalue weighted by atomic mass is 10.2. The van der Waals surface area contributed by atoms with Crippen LogP contribution in [0.15, 0.2) is 42.6 Å². The van der Waals surface area contributed by atoms with Crippen LogP contribution >= 0.6 is 0 Å². The van der Waals surface area contributed by atoms with Crippen molar-refractivity contribution in [2.75, 3.05) is 45.8 Å². The molecule has 0 saturated carbocycles. The summed E-state index contributed by atoms with van der Waals surface area (Å²) in [5.41, 5.74) is 1.99. The maximum Gasteiger partial charge on any atom is 0.253 e. The smallest absolute Gasteiger partial charge is 0.253 e. The summed E-state index contributed by atoms with van der Waals surface area (Å²) in [4.78, 5) is 19.2.